The molecular weight excluding hydrogens is 378 g/mol. The minimum absolute atomic E-state index is 0.0115. The van der Waals surface area contributed by atoms with Crippen LogP contribution in [0.2, 0.25) is 0 Å². The van der Waals surface area contributed by atoms with Crippen molar-refractivity contribution in [1.29, 1.82) is 0 Å². The van der Waals surface area contributed by atoms with E-state index in [-0.39, 0.29) is 11.3 Å². The number of amides is 1. The minimum atomic E-state index is -4.93. The van der Waals surface area contributed by atoms with Gasteiger partial charge in [0.05, 0.1) is 5.56 Å². The number of hydrogen-bond donors (Lipinski definition) is 1. The van der Waals surface area contributed by atoms with E-state index in [1.54, 1.807) is 0 Å². The fourth-order valence-corrected chi connectivity index (χ4v) is 2.65. The molecule has 0 fully saturated rings. The third kappa shape index (κ3) is 3.46. The average molecular weight is 388 g/mol. The van der Waals surface area contributed by atoms with Crippen molar-refractivity contribution in [3.8, 4) is 11.1 Å². The number of halogens is 6. The zero-order chi connectivity index (χ0) is 19.9. The molecule has 142 valence electrons. The molecule has 4 nitrogen and oxygen atoms in total. The highest BCUT2D eigenvalue weighted by atomic mass is 19.4. The van der Waals surface area contributed by atoms with Crippen molar-refractivity contribution >= 4 is 11.8 Å². The summed E-state index contributed by atoms with van der Waals surface area (Å²) >= 11 is 0. The van der Waals surface area contributed by atoms with Crippen molar-refractivity contribution in [2.75, 3.05) is 0 Å². The number of nitrogens with zero attached hydrogens (tertiary/aromatic N) is 1. The normalized spacial score (nSPS) is 17.2. The van der Waals surface area contributed by atoms with Gasteiger partial charge in [0.15, 0.2) is 17.5 Å². The topological polar surface area (TPSA) is 50.7 Å². The highest BCUT2D eigenvalue weighted by Gasteiger charge is 2.36. The highest BCUT2D eigenvalue weighted by Crippen LogP contribution is 2.39. The van der Waals surface area contributed by atoms with Crippen LogP contribution in [0.15, 0.2) is 35.4 Å². The van der Waals surface area contributed by atoms with Gasteiger partial charge in [-0.1, -0.05) is 12.1 Å². The van der Waals surface area contributed by atoms with Gasteiger partial charge in [0, 0.05) is 11.1 Å². The van der Waals surface area contributed by atoms with Crippen molar-refractivity contribution < 1.29 is 35.9 Å². The number of alkyl halides is 3. The third-order valence-corrected chi connectivity index (χ3v) is 3.88. The molecule has 10 heteroatoms. The predicted molar refractivity (Wildman–Crippen MR) is 82.4 cm³/mol. The van der Waals surface area contributed by atoms with Crippen molar-refractivity contribution in [3.63, 3.8) is 0 Å². The minimum Gasteiger partial charge on any atom is -0.439 e. The predicted octanol–water partition coefficient (Wildman–Crippen LogP) is 4.62. The summed E-state index contributed by atoms with van der Waals surface area (Å²) in [6.07, 6.45) is -6.71. The Morgan fingerprint density at radius 1 is 1.04 bits per heavy atom. The number of hydrazone groups is 1. The molecule has 1 heterocycles. The number of carbonyl (C=O) groups is 1. The van der Waals surface area contributed by atoms with Gasteiger partial charge >= 0.3 is 12.3 Å². The zero-order valence-electron chi connectivity index (χ0n) is 13.5. The van der Waals surface area contributed by atoms with E-state index in [0.29, 0.717) is 12.1 Å². The summed E-state index contributed by atoms with van der Waals surface area (Å²) in [5, 5.41) is 3.67. The lowest BCUT2D eigenvalue weighted by Gasteiger charge is -2.22. The second kappa shape index (κ2) is 6.60. The second-order valence-corrected chi connectivity index (χ2v) is 5.64. The molecule has 0 bridgehead atoms. The van der Waals surface area contributed by atoms with Crippen LogP contribution < -0.4 is 5.43 Å². The Bertz CT molecular complexity index is 955. The Labute approximate surface area is 148 Å². The zero-order valence-corrected chi connectivity index (χ0v) is 13.5. The number of benzene rings is 2. The molecular formula is C17H10F6N2O2. The molecule has 1 aliphatic rings. The maximum absolute atomic E-state index is 14.0. The summed E-state index contributed by atoms with van der Waals surface area (Å²) in [6, 6.07) is 4.04. The summed E-state index contributed by atoms with van der Waals surface area (Å²) in [5.41, 5.74) is -0.737. The lowest BCUT2D eigenvalue weighted by atomic mass is 9.94. The van der Waals surface area contributed by atoms with Crippen LogP contribution in [0.25, 0.3) is 11.1 Å². The standard InChI is InChI=1S/C17H10F6N2O2/c1-7-15(24-25-16(26)27-7)8-2-3-9(11(6-8)17(21,22)23)10-4-5-12(18)14(20)13(10)19/h2-7H,1H3,(H,25,26)/t7-/m0/s1. The first-order chi connectivity index (χ1) is 12.6. The molecule has 1 amide bonds. The summed E-state index contributed by atoms with van der Waals surface area (Å²) in [7, 11) is 0. The van der Waals surface area contributed by atoms with E-state index < -0.39 is 52.5 Å². The first-order valence-corrected chi connectivity index (χ1v) is 7.49. The van der Waals surface area contributed by atoms with Crippen LogP contribution in [0, 0.1) is 17.5 Å². The SMILES string of the molecule is C[C@@H]1OC(=O)NN=C1c1ccc(-c2ccc(F)c(F)c2F)c(C(F)(F)F)c1. The highest BCUT2D eigenvalue weighted by molar-refractivity contribution is 6.06. The number of hydrogen-bond acceptors (Lipinski definition) is 3. The van der Waals surface area contributed by atoms with Gasteiger partial charge in [-0.2, -0.15) is 18.3 Å². The molecule has 0 saturated heterocycles. The number of cyclic esters (lactones) is 1. The molecule has 0 aliphatic carbocycles. The van der Waals surface area contributed by atoms with E-state index >= 15 is 0 Å². The van der Waals surface area contributed by atoms with Gasteiger partial charge in [-0.3, -0.25) is 0 Å². The van der Waals surface area contributed by atoms with Crippen LogP contribution in [0.1, 0.15) is 18.1 Å². The molecule has 1 atom stereocenters. The van der Waals surface area contributed by atoms with Crippen LogP contribution in [0.4, 0.5) is 31.1 Å². The van der Waals surface area contributed by atoms with E-state index in [1.165, 1.54) is 13.0 Å². The van der Waals surface area contributed by atoms with Crippen molar-refractivity contribution in [2.24, 2.45) is 5.10 Å². The first kappa shape index (κ1) is 18.7. The Hall–Kier alpha value is -3.04. The Morgan fingerprint density at radius 3 is 2.33 bits per heavy atom. The van der Waals surface area contributed by atoms with E-state index in [2.05, 4.69) is 5.10 Å². The smallest absolute Gasteiger partial charge is 0.428 e. The molecule has 2 aromatic carbocycles. The Balaban J connectivity index is 2.18. The Kier molecular flexibility index (Phi) is 4.58. The largest absolute Gasteiger partial charge is 0.439 e. The average Bonchev–Trinajstić information content (AvgIpc) is 2.59. The van der Waals surface area contributed by atoms with Crippen molar-refractivity contribution in [2.45, 2.75) is 19.2 Å². The van der Waals surface area contributed by atoms with E-state index in [0.717, 1.165) is 12.1 Å². The fraction of sp³-hybridized carbons (Fsp3) is 0.176. The molecule has 2 aromatic rings. The van der Waals surface area contributed by atoms with Crippen LogP contribution in [0.3, 0.4) is 0 Å². The second-order valence-electron chi connectivity index (χ2n) is 5.64. The number of carbonyl (C=O) groups excluding carboxylic acids is 1. The van der Waals surface area contributed by atoms with Gasteiger partial charge in [-0.15, -0.1) is 0 Å². The van der Waals surface area contributed by atoms with Gasteiger partial charge in [0.25, 0.3) is 0 Å². The van der Waals surface area contributed by atoms with Crippen LogP contribution in [-0.2, 0) is 10.9 Å². The molecule has 0 saturated carbocycles. The molecule has 1 aliphatic heterocycles. The molecule has 27 heavy (non-hydrogen) atoms. The fourth-order valence-electron chi connectivity index (χ4n) is 2.65. The van der Waals surface area contributed by atoms with Crippen LogP contribution >= 0.6 is 0 Å². The summed E-state index contributed by atoms with van der Waals surface area (Å²) < 4.78 is 85.9. The molecule has 0 unspecified atom stereocenters. The van der Waals surface area contributed by atoms with Gasteiger partial charge in [-0.05, 0) is 30.7 Å². The molecule has 0 radical (unpaired) electrons. The maximum Gasteiger partial charge on any atom is 0.428 e. The quantitative estimate of drug-likeness (QED) is 0.603. The summed E-state index contributed by atoms with van der Waals surface area (Å²) in [5.74, 6) is -5.11. The lowest BCUT2D eigenvalue weighted by molar-refractivity contribution is -0.137. The van der Waals surface area contributed by atoms with E-state index in [4.69, 9.17) is 4.74 Å². The molecule has 0 spiro atoms. The van der Waals surface area contributed by atoms with E-state index in [9.17, 15) is 31.1 Å². The molecule has 3 rings (SSSR count). The van der Waals surface area contributed by atoms with E-state index in [1.807, 2.05) is 5.43 Å². The van der Waals surface area contributed by atoms with Gasteiger partial charge in [0.1, 0.15) is 11.8 Å². The van der Waals surface area contributed by atoms with Gasteiger partial charge in [-0.25, -0.2) is 23.4 Å². The first-order valence-electron chi connectivity index (χ1n) is 7.49. The summed E-state index contributed by atoms with van der Waals surface area (Å²) in [4.78, 5) is 11.1. The molecule has 0 aromatic heterocycles. The van der Waals surface area contributed by atoms with Crippen molar-refractivity contribution in [1.82, 2.24) is 5.43 Å². The lowest BCUT2D eigenvalue weighted by Crippen LogP contribution is -2.37. The molecule has 1 N–H and O–H groups in total. The number of rotatable bonds is 2. The number of nitrogens with one attached hydrogen (secondary N) is 1. The van der Waals surface area contributed by atoms with Crippen LogP contribution in [0.5, 0.6) is 0 Å². The maximum atomic E-state index is 14.0. The van der Waals surface area contributed by atoms with Crippen molar-refractivity contribution in [3.05, 3.63) is 58.9 Å². The Morgan fingerprint density at radius 2 is 1.70 bits per heavy atom. The third-order valence-electron chi connectivity index (χ3n) is 3.88. The monoisotopic (exact) mass is 388 g/mol. The van der Waals surface area contributed by atoms with Gasteiger partial charge < -0.3 is 4.74 Å². The summed E-state index contributed by atoms with van der Waals surface area (Å²) in [6.45, 7) is 1.41. The number of ether oxygens (including phenoxy) is 1. The van der Waals surface area contributed by atoms with Gasteiger partial charge in [0.2, 0.25) is 0 Å². The van der Waals surface area contributed by atoms with Crippen LogP contribution in [-0.4, -0.2) is 17.9 Å².